The Morgan fingerprint density at radius 3 is 1.22 bits per heavy atom. The second kappa shape index (κ2) is 39.4. The molecule has 0 atom stereocenters. The van der Waals surface area contributed by atoms with Gasteiger partial charge in [0.2, 0.25) is 0 Å². The Balaban J connectivity index is -0.000000121. The lowest BCUT2D eigenvalue weighted by molar-refractivity contribution is -0.147. The van der Waals surface area contributed by atoms with Crippen molar-refractivity contribution in [2.45, 2.75) is 81.1 Å². The highest BCUT2D eigenvalue weighted by Crippen LogP contribution is 2.11. The van der Waals surface area contributed by atoms with Gasteiger partial charge >= 0.3 is 11.9 Å². The predicted octanol–water partition coefficient (Wildman–Crippen LogP) is 7.77. The number of hydrogen-bond donors (Lipinski definition) is 3. The Morgan fingerprint density at radius 1 is 0.686 bits per heavy atom. The molecule has 51 heavy (non-hydrogen) atoms. The molecule has 0 aromatic heterocycles. The molecule has 3 aromatic carbocycles. The van der Waals surface area contributed by atoms with E-state index < -0.39 is 11.6 Å². The quantitative estimate of drug-likeness (QED) is 0.0524. The van der Waals surface area contributed by atoms with Crippen LogP contribution in [0.2, 0.25) is 0 Å². The van der Waals surface area contributed by atoms with Crippen molar-refractivity contribution in [3.05, 3.63) is 133 Å². The van der Waals surface area contributed by atoms with Crippen molar-refractivity contribution in [2.75, 3.05) is 13.2 Å². The fourth-order valence-corrected chi connectivity index (χ4v) is 2.39. The average Bonchev–Trinajstić information content (AvgIpc) is 3.08. The molecule has 3 rings (SSSR count). The zero-order valence-corrected chi connectivity index (χ0v) is 29.8. The number of esters is 2. The third kappa shape index (κ3) is 47.1. The van der Waals surface area contributed by atoms with Crippen LogP contribution in [-0.2, 0) is 19.1 Å². The fourth-order valence-electron chi connectivity index (χ4n) is 2.39. The van der Waals surface area contributed by atoms with Gasteiger partial charge in [-0.2, -0.15) is 0 Å². The van der Waals surface area contributed by atoms with Crippen LogP contribution in [0.25, 0.3) is 0 Å². The molecule has 0 spiro atoms. The molecular formula is C41H62O10. The molecule has 0 unspecified atom stereocenters. The lowest BCUT2D eigenvalue weighted by Gasteiger charge is -2.14. The van der Waals surface area contributed by atoms with E-state index in [0.29, 0.717) is 5.56 Å². The average molecular weight is 715 g/mol. The zero-order chi connectivity index (χ0) is 38.7. The van der Waals surface area contributed by atoms with E-state index in [9.17, 15) is 29.1 Å². The number of hydrogen-bond acceptors (Lipinski definition) is 10. The lowest BCUT2D eigenvalue weighted by atomic mass is 9.97. The number of carbonyl (C=O) groups excluding carboxylic acids is 5. The zero-order valence-electron chi connectivity index (χ0n) is 29.8. The van der Waals surface area contributed by atoms with E-state index >= 15 is 0 Å². The third-order valence-corrected chi connectivity index (χ3v) is 4.26. The van der Waals surface area contributed by atoms with E-state index in [4.69, 9.17) is 10.2 Å². The van der Waals surface area contributed by atoms with E-state index in [1.807, 2.05) is 42.5 Å². The van der Waals surface area contributed by atoms with E-state index in [-0.39, 0.29) is 52.0 Å². The number of aliphatic hydroxyl groups is 3. The summed E-state index contributed by atoms with van der Waals surface area (Å²) in [5.41, 5.74) is 0.728. The van der Waals surface area contributed by atoms with Crippen molar-refractivity contribution in [2.24, 2.45) is 0 Å². The molecule has 0 amide bonds. The molecular weight excluding hydrogens is 652 g/mol. The van der Waals surface area contributed by atoms with Crippen molar-refractivity contribution in [3.63, 3.8) is 0 Å². The highest BCUT2D eigenvalue weighted by Gasteiger charge is 2.24. The van der Waals surface area contributed by atoms with Crippen LogP contribution in [-0.4, -0.2) is 76.6 Å². The van der Waals surface area contributed by atoms with Crippen molar-refractivity contribution in [1.29, 1.82) is 0 Å². The molecule has 0 radical (unpaired) electrons. The molecule has 0 bridgehead atoms. The van der Waals surface area contributed by atoms with Crippen molar-refractivity contribution in [1.82, 2.24) is 0 Å². The first kappa shape index (κ1) is 58.2. The summed E-state index contributed by atoms with van der Waals surface area (Å²) in [6, 6.07) is 27.0. The molecule has 286 valence electrons. The molecule has 0 fully saturated rings. The van der Waals surface area contributed by atoms with E-state index in [0.717, 1.165) is 29.8 Å². The number of carbonyl (C=O) groups is 5. The first-order chi connectivity index (χ1) is 23.0. The van der Waals surface area contributed by atoms with Crippen molar-refractivity contribution >= 4 is 30.3 Å². The van der Waals surface area contributed by atoms with Gasteiger partial charge in [-0.05, 0) is 41.5 Å². The lowest BCUT2D eigenvalue weighted by Crippen LogP contribution is -2.30. The summed E-state index contributed by atoms with van der Waals surface area (Å²) in [5.74, 6) is -1.15. The maximum atomic E-state index is 11.4. The Bertz CT molecular complexity index is 1200. The van der Waals surface area contributed by atoms with Gasteiger partial charge in [0.15, 0.2) is 5.78 Å². The molecule has 0 aliphatic heterocycles. The molecule has 3 aromatic rings. The molecule has 10 nitrogen and oxygen atoms in total. The van der Waals surface area contributed by atoms with E-state index in [2.05, 4.69) is 29.2 Å². The number of Topliss-reactive ketones (excluding diaryl/α,β-unsaturated/α-hetero) is 1. The number of ether oxygens (including phenoxy) is 2. The van der Waals surface area contributed by atoms with Crippen LogP contribution in [0.5, 0.6) is 0 Å². The van der Waals surface area contributed by atoms with Gasteiger partial charge in [0.25, 0.3) is 0 Å². The number of aliphatic hydroxyl groups excluding tert-OH is 2. The Kier molecular flexibility index (Phi) is 45.0. The molecule has 0 aliphatic carbocycles. The third-order valence-electron chi connectivity index (χ3n) is 4.26. The highest BCUT2D eigenvalue weighted by atomic mass is 16.6. The van der Waals surface area contributed by atoms with Gasteiger partial charge in [-0.15, -0.1) is 13.2 Å². The largest absolute Gasteiger partial charge is 0.462 e. The Hall–Kier alpha value is -5.03. The molecule has 0 heterocycles. The van der Waals surface area contributed by atoms with Gasteiger partial charge in [0.05, 0.1) is 0 Å². The molecule has 3 N–H and O–H groups in total. The summed E-state index contributed by atoms with van der Waals surface area (Å²) in [6.45, 7) is 20.5. The molecule has 0 saturated heterocycles. The van der Waals surface area contributed by atoms with Gasteiger partial charge < -0.3 is 24.8 Å². The van der Waals surface area contributed by atoms with Crippen LogP contribution in [0, 0.1) is 0 Å². The predicted molar refractivity (Wildman–Crippen MR) is 208 cm³/mol. The van der Waals surface area contributed by atoms with Gasteiger partial charge in [-0.3, -0.25) is 19.2 Å². The molecule has 10 heteroatoms. The first-order valence-corrected chi connectivity index (χ1v) is 15.1. The van der Waals surface area contributed by atoms with Gasteiger partial charge in [0, 0.05) is 41.9 Å². The summed E-state index contributed by atoms with van der Waals surface area (Å²) in [5, 5.41) is 25.5. The van der Waals surface area contributed by atoms with Crippen LogP contribution in [0.15, 0.2) is 117 Å². The maximum absolute atomic E-state index is 11.4. The minimum atomic E-state index is -1.28. The standard InChI is InChI=1S/C10H12O2.C7H10O4.2C7H6O.2C3H8O.C2H4.2CH4/c1-10(2,12)9(11)8-6-4-3-5-7-8;1-3-7(9)11-5-4-10-6(2)8;2*8-6-7-4-2-1-3-5-7;2*1-3(2)4;1-2;;/h3-7,12H,1-2H3;3H,1,4-5H2,2H3;2*1-6H;2*3-4H,1-2H3;1-2H2;2*1H4. The second-order valence-electron chi connectivity index (χ2n) is 10.2. The van der Waals surface area contributed by atoms with Crippen molar-refractivity contribution < 1.29 is 48.8 Å². The van der Waals surface area contributed by atoms with Crippen LogP contribution in [0.1, 0.15) is 94.4 Å². The Labute approximate surface area is 306 Å². The summed E-state index contributed by atoms with van der Waals surface area (Å²) >= 11 is 0. The number of aldehydes is 2. The monoisotopic (exact) mass is 714 g/mol. The number of benzene rings is 3. The molecule has 0 saturated carbocycles. The SMILES string of the molecule is C.C.C=C.C=CC(=O)OCCOC(C)=O.CC(C)(O)C(=O)c1ccccc1.CC(C)O.CC(C)O.O=Cc1ccccc1.O=Cc1ccccc1. The van der Waals surface area contributed by atoms with Crippen LogP contribution in [0.3, 0.4) is 0 Å². The normalized spacial score (nSPS) is 8.63. The second-order valence-corrected chi connectivity index (χ2v) is 10.2. The van der Waals surface area contributed by atoms with E-state index in [1.54, 1.807) is 76.2 Å². The Morgan fingerprint density at radius 2 is 0.980 bits per heavy atom. The van der Waals surface area contributed by atoms with Crippen LogP contribution < -0.4 is 0 Å². The maximum Gasteiger partial charge on any atom is 0.330 e. The smallest absolute Gasteiger partial charge is 0.330 e. The fraction of sp³-hybridized carbons (Fsp3) is 0.341. The van der Waals surface area contributed by atoms with Crippen molar-refractivity contribution in [3.8, 4) is 0 Å². The summed E-state index contributed by atoms with van der Waals surface area (Å²) in [4.78, 5) is 52.0. The minimum Gasteiger partial charge on any atom is -0.462 e. The van der Waals surface area contributed by atoms with Gasteiger partial charge in [-0.25, -0.2) is 4.79 Å². The number of rotatable bonds is 8. The van der Waals surface area contributed by atoms with E-state index in [1.165, 1.54) is 20.8 Å². The highest BCUT2D eigenvalue weighted by molar-refractivity contribution is 6.01. The first-order valence-electron chi connectivity index (χ1n) is 15.1. The van der Waals surface area contributed by atoms with Gasteiger partial charge in [0.1, 0.15) is 31.4 Å². The summed E-state index contributed by atoms with van der Waals surface area (Å²) in [6.07, 6.45) is 2.38. The molecule has 0 aliphatic rings. The minimum absolute atomic E-state index is 0. The number of ketones is 1. The van der Waals surface area contributed by atoms with Crippen LogP contribution >= 0.6 is 0 Å². The summed E-state index contributed by atoms with van der Waals surface area (Å²) < 4.78 is 8.99. The van der Waals surface area contributed by atoms with Gasteiger partial charge in [-0.1, -0.05) is 112 Å². The topological polar surface area (TPSA) is 164 Å². The van der Waals surface area contributed by atoms with Crippen LogP contribution in [0.4, 0.5) is 0 Å². The summed E-state index contributed by atoms with van der Waals surface area (Å²) in [7, 11) is 0.